The molecule has 0 bridgehead atoms. The van der Waals surface area contributed by atoms with Crippen LogP contribution in [0.4, 0.5) is 5.69 Å². The zero-order valence-electron chi connectivity index (χ0n) is 10.6. The summed E-state index contributed by atoms with van der Waals surface area (Å²) in [6.07, 6.45) is -0.233. The molecule has 6 nitrogen and oxygen atoms in total. The van der Waals surface area contributed by atoms with Crippen molar-refractivity contribution in [1.29, 1.82) is 5.26 Å². The van der Waals surface area contributed by atoms with Gasteiger partial charge in [0.1, 0.15) is 12.2 Å². The molecular formula is C12H14N4O2S. The number of rotatable bonds is 3. The molecule has 1 amide bonds. The number of nitrogens with one attached hydrogen (secondary N) is 3. The number of methoxy groups -OCH3 is 1. The van der Waals surface area contributed by atoms with E-state index in [-0.39, 0.29) is 11.5 Å². The summed E-state index contributed by atoms with van der Waals surface area (Å²) in [6, 6.07) is 7.31. The first-order valence-electron chi connectivity index (χ1n) is 5.44. The molecule has 0 spiro atoms. The second kappa shape index (κ2) is 7.18. The lowest BCUT2D eigenvalue weighted by Gasteiger charge is -2.14. The predicted molar refractivity (Wildman–Crippen MR) is 75.5 cm³/mol. The Kier molecular flexibility index (Phi) is 5.57. The van der Waals surface area contributed by atoms with Crippen molar-refractivity contribution in [2.45, 2.75) is 13.3 Å². The number of nitrogens with zero attached hydrogens (tertiary/aromatic N) is 1. The molecular weight excluding hydrogens is 264 g/mol. The Morgan fingerprint density at radius 3 is 2.84 bits per heavy atom. The fourth-order valence-electron chi connectivity index (χ4n) is 1.30. The Morgan fingerprint density at radius 1 is 1.47 bits per heavy atom. The van der Waals surface area contributed by atoms with Crippen LogP contribution in [0.1, 0.15) is 12.0 Å². The van der Waals surface area contributed by atoms with E-state index in [0.29, 0.717) is 11.4 Å². The van der Waals surface area contributed by atoms with Crippen LogP contribution in [0.2, 0.25) is 0 Å². The third-order valence-electron chi connectivity index (χ3n) is 2.16. The minimum atomic E-state index is -0.456. The number of hydrogen-bond acceptors (Lipinski definition) is 4. The first kappa shape index (κ1) is 14.7. The van der Waals surface area contributed by atoms with Gasteiger partial charge in [-0.3, -0.25) is 15.6 Å². The predicted octanol–water partition coefficient (Wildman–Crippen LogP) is 1.23. The van der Waals surface area contributed by atoms with Crippen LogP contribution in [0.25, 0.3) is 0 Å². The quantitative estimate of drug-likeness (QED) is 0.569. The highest BCUT2D eigenvalue weighted by Gasteiger charge is 2.06. The molecule has 1 rings (SSSR count). The van der Waals surface area contributed by atoms with E-state index in [0.717, 1.165) is 5.56 Å². The third kappa shape index (κ3) is 4.81. The van der Waals surface area contributed by atoms with Crippen LogP contribution in [0.5, 0.6) is 5.75 Å². The molecule has 3 N–H and O–H groups in total. The molecule has 0 radical (unpaired) electrons. The fraction of sp³-hybridized carbons (Fsp3) is 0.250. The van der Waals surface area contributed by atoms with Gasteiger partial charge in [-0.05, 0) is 36.8 Å². The summed E-state index contributed by atoms with van der Waals surface area (Å²) in [5.41, 5.74) is 6.53. The van der Waals surface area contributed by atoms with E-state index in [1.807, 2.05) is 25.1 Å². The highest BCUT2D eigenvalue weighted by Crippen LogP contribution is 2.24. The van der Waals surface area contributed by atoms with Crippen LogP contribution in [-0.4, -0.2) is 18.1 Å². The van der Waals surface area contributed by atoms with Gasteiger partial charge in [-0.15, -0.1) is 0 Å². The minimum absolute atomic E-state index is 0.202. The lowest BCUT2D eigenvalue weighted by molar-refractivity contribution is -0.120. The number of hydrazine groups is 1. The highest BCUT2D eigenvalue weighted by atomic mass is 32.1. The van der Waals surface area contributed by atoms with Gasteiger partial charge >= 0.3 is 0 Å². The van der Waals surface area contributed by atoms with Crippen LogP contribution in [0.15, 0.2) is 18.2 Å². The summed E-state index contributed by atoms with van der Waals surface area (Å²) in [6.45, 7) is 1.95. The fourth-order valence-corrected chi connectivity index (χ4v) is 1.46. The van der Waals surface area contributed by atoms with Gasteiger partial charge in [-0.25, -0.2) is 0 Å². The molecule has 0 aliphatic rings. The molecule has 1 aromatic carbocycles. The number of carbonyl (C=O) groups is 1. The van der Waals surface area contributed by atoms with Crippen molar-refractivity contribution in [3.63, 3.8) is 0 Å². The largest absolute Gasteiger partial charge is 0.495 e. The summed E-state index contributed by atoms with van der Waals surface area (Å²) in [7, 11) is 1.56. The number of hydrogen-bond donors (Lipinski definition) is 3. The number of aryl methyl sites for hydroxylation is 1. The summed E-state index contributed by atoms with van der Waals surface area (Å²) in [5.74, 6) is 0.190. The van der Waals surface area contributed by atoms with Gasteiger partial charge in [0.05, 0.1) is 18.9 Å². The van der Waals surface area contributed by atoms with Crippen molar-refractivity contribution in [2.75, 3.05) is 12.4 Å². The third-order valence-corrected chi connectivity index (χ3v) is 2.36. The zero-order chi connectivity index (χ0) is 14.3. The maximum atomic E-state index is 11.1. The molecule has 0 heterocycles. The molecule has 0 saturated heterocycles. The Bertz CT molecular complexity index is 525. The molecule has 7 heteroatoms. The van der Waals surface area contributed by atoms with Crippen molar-refractivity contribution in [1.82, 2.24) is 10.9 Å². The number of amides is 1. The molecule has 0 unspecified atom stereocenters. The lowest BCUT2D eigenvalue weighted by atomic mass is 10.2. The monoisotopic (exact) mass is 278 g/mol. The lowest BCUT2D eigenvalue weighted by Crippen LogP contribution is -2.43. The van der Waals surface area contributed by atoms with E-state index in [1.54, 1.807) is 13.2 Å². The average molecular weight is 278 g/mol. The number of anilines is 1. The standard InChI is InChI=1S/C12H14N4O2S/c1-8-3-4-9(10(7-8)18-2)14-12(19)16-15-11(17)5-6-13/h3-4,7H,5H2,1-2H3,(H,15,17)(H2,14,16,19). The first-order valence-corrected chi connectivity index (χ1v) is 5.85. The van der Waals surface area contributed by atoms with Crippen molar-refractivity contribution in [3.8, 4) is 11.8 Å². The van der Waals surface area contributed by atoms with Crippen LogP contribution < -0.4 is 20.9 Å². The Balaban J connectivity index is 2.58. The molecule has 0 aliphatic carbocycles. The second-order valence-electron chi connectivity index (χ2n) is 3.67. The van der Waals surface area contributed by atoms with Crippen LogP contribution in [0.3, 0.4) is 0 Å². The number of benzene rings is 1. The topological polar surface area (TPSA) is 86.2 Å². The average Bonchev–Trinajstić information content (AvgIpc) is 2.39. The molecule has 0 fully saturated rings. The zero-order valence-corrected chi connectivity index (χ0v) is 11.4. The smallest absolute Gasteiger partial charge is 0.252 e. The Labute approximate surface area is 116 Å². The highest BCUT2D eigenvalue weighted by molar-refractivity contribution is 7.80. The van der Waals surface area contributed by atoms with Gasteiger partial charge in [0, 0.05) is 0 Å². The van der Waals surface area contributed by atoms with Crippen LogP contribution >= 0.6 is 12.2 Å². The number of ether oxygens (including phenoxy) is 1. The van der Waals surface area contributed by atoms with E-state index in [9.17, 15) is 4.79 Å². The van der Waals surface area contributed by atoms with Crippen molar-refractivity contribution < 1.29 is 9.53 Å². The molecule has 0 aliphatic heterocycles. The van der Waals surface area contributed by atoms with E-state index in [4.69, 9.17) is 22.2 Å². The molecule has 0 atom stereocenters. The Hall–Kier alpha value is -2.33. The van der Waals surface area contributed by atoms with Crippen LogP contribution in [-0.2, 0) is 4.79 Å². The molecule has 0 aromatic heterocycles. The van der Waals surface area contributed by atoms with E-state index in [1.165, 1.54) is 0 Å². The van der Waals surface area contributed by atoms with Gasteiger partial charge in [0.15, 0.2) is 5.11 Å². The summed E-state index contributed by atoms with van der Waals surface area (Å²) in [4.78, 5) is 11.1. The van der Waals surface area contributed by atoms with Crippen molar-refractivity contribution in [3.05, 3.63) is 23.8 Å². The molecule has 1 aromatic rings. The minimum Gasteiger partial charge on any atom is -0.495 e. The van der Waals surface area contributed by atoms with Gasteiger partial charge < -0.3 is 10.1 Å². The number of carbonyl (C=O) groups excluding carboxylic acids is 1. The van der Waals surface area contributed by atoms with Gasteiger partial charge in [0.2, 0.25) is 0 Å². The van der Waals surface area contributed by atoms with E-state index >= 15 is 0 Å². The second-order valence-corrected chi connectivity index (χ2v) is 4.07. The first-order chi connectivity index (χ1) is 9.06. The van der Waals surface area contributed by atoms with Gasteiger partial charge in [-0.2, -0.15) is 5.26 Å². The SMILES string of the molecule is COc1cc(C)ccc1NC(=S)NNC(=O)CC#N. The van der Waals surface area contributed by atoms with E-state index < -0.39 is 5.91 Å². The summed E-state index contributed by atoms with van der Waals surface area (Å²) in [5, 5.41) is 11.4. The molecule has 100 valence electrons. The maximum absolute atomic E-state index is 11.1. The Morgan fingerprint density at radius 2 is 2.21 bits per heavy atom. The summed E-state index contributed by atoms with van der Waals surface area (Å²) < 4.78 is 5.21. The van der Waals surface area contributed by atoms with Crippen molar-refractivity contribution in [2.24, 2.45) is 0 Å². The number of thiocarbonyl (C=S) groups is 1. The normalized spacial score (nSPS) is 9.11. The molecule has 19 heavy (non-hydrogen) atoms. The maximum Gasteiger partial charge on any atom is 0.252 e. The van der Waals surface area contributed by atoms with Gasteiger partial charge in [0.25, 0.3) is 5.91 Å². The molecule has 0 saturated carbocycles. The van der Waals surface area contributed by atoms with E-state index in [2.05, 4.69) is 16.2 Å². The van der Waals surface area contributed by atoms with Crippen LogP contribution in [0, 0.1) is 18.3 Å². The van der Waals surface area contributed by atoms with Crippen molar-refractivity contribution >= 4 is 28.9 Å². The number of nitriles is 1. The van der Waals surface area contributed by atoms with Gasteiger partial charge in [-0.1, -0.05) is 6.07 Å². The summed E-state index contributed by atoms with van der Waals surface area (Å²) >= 11 is 5.00.